The number of hydrogen-bond acceptors (Lipinski definition) is 5. The highest BCUT2D eigenvalue weighted by atomic mass is 35.5. The smallest absolute Gasteiger partial charge is 0.252 e. The molecule has 3 aromatic carbocycles. The minimum absolute atomic E-state index is 0.0375. The number of aromatic nitrogens is 4. The summed E-state index contributed by atoms with van der Waals surface area (Å²) in [4.78, 5) is 29.1. The summed E-state index contributed by atoms with van der Waals surface area (Å²) in [7, 11) is 0. The number of aromatic amines is 1. The molecule has 4 aromatic rings. The van der Waals surface area contributed by atoms with E-state index in [0.29, 0.717) is 30.4 Å². The number of tetrazole rings is 1. The highest BCUT2D eigenvalue weighted by Gasteiger charge is 2.32. The summed E-state index contributed by atoms with van der Waals surface area (Å²) in [5, 5.41) is 18.0. The number of H-pyrrole nitrogens is 1. The Kier molecular flexibility index (Phi) is 8.02. The molecule has 0 bridgehead atoms. The topological polar surface area (TPSA) is 104 Å². The summed E-state index contributed by atoms with van der Waals surface area (Å²) in [5.41, 5.74) is 4.15. The van der Waals surface area contributed by atoms with Crippen LogP contribution in [-0.2, 0) is 4.79 Å². The molecular weight excluding hydrogens is 512 g/mol. The summed E-state index contributed by atoms with van der Waals surface area (Å²) in [5.74, 6) is 0.491. The van der Waals surface area contributed by atoms with Crippen molar-refractivity contribution < 1.29 is 9.59 Å². The van der Waals surface area contributed by atoms with Crippen LogP contribution in [0, 0.1) is 5.92 Å². The quantitative estimate of drug-likeness (QED) is 0.328. The molecule has 1 saturated heterocycles. The first-order chi connectivity index (χ1) is 18.9. The number of amides is 2. The van der Waals surface area contributed by atoms with Crippen LogP contribution in [-0.4, -0.2) is 56.5 Å². The number of nitrogens with one attached hydrogen (secondary N) is 2. The number of carbonyl (C=O) groups excluding carboxylic acids is 2. The Labute approximate surface area is 232 Å². The van der Waals surface area contributed by atoms with Crippen molar-refractivity contribution in [3.05, 3.63) is 88.9 Å². The zero-order valence-electron chi connectivity index (χ0n) is 22.0. The van der Waals surface area contributed by atoms with E-state index in [9.17, 15) is 9.59 Å². The van der Waals surface area contributed by atoms with Crippen molar-refractivity contribution in [1.29, 1.82) is 0 Å². The highest BCUT2D eigenvalue weighted by Crippen LogP contribution is 2.30. The molecule has 1 fully saturated rings. The highest BCUT2D eigenvalue weighted by molar-refractivity contribution is 6.30. The van der Waals surface area contributed by atoms with Crippen LogP contribution in [0.4, 0.5) is 0 Å². The second kappa shape index (κ2) is 11.8. The number of benzene rings is 3. The van der Waals surface area contributed by atoms with Crippen LogP contribution >= 0.6 is 11.6 Å². The maximum absolute atomic E-state index is 13.6. The molecule has 39 heavy (non-hydrogen) atoms. The molecule has 1 aliphatic rings. The van der Waals surface area contributed by atoms with Gasteiger partial charge in [-0.2, -0.15) is 5.21 Å². The number of likely N-dealkylation sites (tertiary alicyclic amines) is 1. The lowest BCUT2D eigenvalue weighted by Gasteiger charge is -2.35. The number of rotatable bonds is 7. The van der Waals surface area contributed by atoms with Crippen LogP contribution in [0.15, 0.2) is 72.8 Å². The zero-order chi connectivity index (χ0) is 27.4. The second-order valence-electron chi connectivity index (χ2n) is 10.2. The lowest BCUT2D eigenvalue weighted by molar-refractivity contribution is -0.135. The maximum atomic E-state index is 13.6. The Hall–Kier alpha value is -4.04. The lowest BCUT2D eigenvalue weighted by Crippen LogP contribution is -2.52. The molecule has 0 saturated carbocycles. The van der Waals surface area contributed by atoms with Gasteiger partial charge < -0.3 is 10.2 Å². The van der Waals surface area contributed by atoms with Gasteiger partial charge in [-0.1, -0.05) is 74.0 Å². The summed E-state index contributed by atoms with van der Waals surface area (Å²) >= 11 is 6.04. The normalized spacial score (nSPS) is 14.8. The number of halogens is 1. The van der Waals surface area contributed by atoms with Gasteiger partial charge >= 0.3 is 0 Å². The molecule has 2 amide bonds. The van der Waals surface area contributed by atoms with Crippen molar-refractivity contribution >= 4 is 23.4 Å². The largest absolute Gasteiger partial charge is 0.341 e. The van der Waals surface area contributed by atoms with Gasteiger partial charge in [-0.3, -0.25) is 9.59 Å². The molecule has 200 valence electrons. The molecule has 1 aromatic heterocycles. The Balaban J connectivity index is 1.30. The standard InChI is InChI=1S/C30H31ClN6O2/c1-19(2)27(30(39)37-16-14-21(15-17-37)20-10-12-24(31)13-11-20)32-29(38)26-9-4-3-8-25(26)22-6-5-7-23(18-22)28-33-35-36-34-28/h3-13,18-19,21,27H,14-17H2,1-2H3,(H,32,38)(H,33,34,35,36)/t27-/m1/s1. The van der Waals surface area contributed by atoms with E-state index in [1.807, 2.05) is 73.3 Å². The molecule has 0 unspecified atom stereocenters. The van der Waals surface area contributed by atoms with E-state index < -0.39 is 6.04 Å². The summed E-state index contributed by atoms with van der Waals surface area (Å²) in [6.45, 7) is 5.24. The van der Waals surface area contributed by atoms with E-state index in [1.54, 1.807) is 6.07 Å². The van der Waals surface area contributed by atoms with E-state index >= 15 is 0 Å². The van der Waals surface area contributed by atoms with Crippen LogP contribution in [0.1, 0.15) is 48.5 Å². The third kappa shape index (κ3) is 6.01. The average Bonchev–Trinajstić information content (AvgIpc) is 3.51. The Bertz CT molecular complexity index is 1430. The monoisotopic (exact) mass is 542 g/mol. The fourth-order valence-corrected chi connectivity index (χ4v) is 5.27. The van der Waals surface area contributed by atoms with E-state index in [2.05, 4.69) is 38.1 Å². The van der Waals surface area contributed by atoms with Crippen LogP contribution in [0.25, 0.3) is 22.5 Å². The van der Waals surface area contributed by atoms with Crippen molar-refractivity contribution in [1.82, 2.24) is 30.8 Å². The first kappa shape index (κ1) is 26.6. The van der Waals surface area contributed by atoms with E-state index in [0.717, 1.165) is 34.6 Å². The molecule has 2 N–H and O–H groups in total. The minimum Gasteiger partial charge on any atom is -0.341 e. The molecular formula is C30H31ClN6O2. The number of hydrogen-bond donors (Lipinski definition) is 2. The van der Waals surface area contributed by atoms with Crippen molar-refractivity contribution in [2.24, 2.45) is 5.92 Å². The molecule has 0 aliphatic carbocycles. The van der Waals surface area contributed by atoms with E-state index in [4.69, 9.17) is 11.6 Å². The molecule has 0 radical (unpaired) electrons. The van der Waals surface area contributed by atoms with Gasteiger partial charge in [-0.15, -0.1) is 10.2 Å². The van der Waals surface area contributed by atoms with Gasteiger partial charge in [0.05, 0.1) is 0 Å². The molecule has 8 nitrogen and oxygen atoms in total. The average molecular weight is 543 g/mol. The number of nitrogens with zero attached hydrogens (tertiary/aromatic N) is 4. The first-order valence-electron chi connectivity index (χ1n) is 13.2. The lowest BCUT2D eigenvalue weighted by atomic mass is 9.89. The van der Waals surface area contributed by atoms with Crippen LogP contribution < -0.4 is 5.32 Å². The fourth-order valence-electron chi connectivity index (χ4n) is 5.14. The van der Waals surface area contributed by atoms with Gasteiger partial charge in [-0.05, 0) is 70.8 Å². The third-order valence-corrected chi connectivity index (χ3v) is 7.57. The van der Waals surface area contributed by atoms with Gasteiger partial charge in [0, 0.05) is 29.2 Å². The van der Waals surface area contributed by atoms with Crippen LogP contribution in [0.3, 0.4) is 0 Å². The third-order valence-electron chi connectivity index (χ3n) is 7.32. The van der Waals surface area contributed by atoms with Gasteiger partial charge in [0.15, 0.2) is 0 Å². The van der Waals surface area contributed by atoms with Gasteiger partial charge in [0.2, 0.25) is 11.7 Å². The number of carbonyl (C=O) groups is 2. The van der Waals surface area contributed by atoms with Crippen molar-refractivity contribution in [3.63, 3.8) is 0 Å². The molecule has 1 atom stereocenters. The Morgan fingerprint density at radius 1 is 0.974 bits per heavy atom. The van der Waals surface area contributed by atoms with E-state index in [-0.39, 0.29) is 17.7 Å². The SMILES string of the molecule is CC(C)[C@@H](NC(=O)c1ccccc1-c1cccc(-c2nn[nH]n2)c1)C(=O)N1CCC(c2ccc(Cl)cc2)CC1. The molecule has 0 spiro atoms. The van der Waals surface area contributed by atoms with Crippen molar-refractivity contribution in [3.8, 4) is 22.5 Å². The van der Waals surface area contributed by atoms with Crippen LogP contribution in [0.5, 0.6) is 0 Å². The molecule has 5 rings (SSSR count). The van der Waals surface area contributed by atoms with Crippen molar-refractivity contribution in [2.75, 3.05) is 13.1 Å². The van der Waals surface area contributed by atoms with Gasteiger partial charge in [0.25, 0.3) is 5.91 Å². The minimum atomic E-state index is -0.622. The van der Waals surface area contributed by atoms with E-state index in [1.165, 1.54) is 5.56 Å². The predicted molar refractivity (Wildman–Crippen MR) is 151 cm³/mol. The van der Waals surface area contributed by atoms with Crippen LogP contribution in [0.2, 0.25) is 5.02 Å². The Morgan fingerprint density at radius 3 is 2.38 bits per heavy atom. The zero-order valence-corrected chi connectivity index (χ0v) is 22.7. The maximum Gasteiger partial charge on any atom is 0.252 e. The summed E-state index contributed by atoms with van der Waals surface area (Å²) in [6, 6.07) is 22.4. The number of piperidine rings is 1. The fraction of sp³-hybridized carbons (Fsp3) is 0.300. The molecule has 1 aliphatic heterocycles. The molecule has 9 heteroatoms. The van der Waals surface area contributed by atoms with Gasteiger partial charge in [-0.25, -0.2) is 0 Å². The predicted octanol–water partition coefficient (Wildman–Crippen LogP) is 5.35. The summed E-state index contributed by atoms with van der Waals surface area (Å²) in [6.07, 6.45) is 1.76. The molecule has 2 heterocycles. The van der Waals surface area contributed by atoms with Gasteiger partial charge in [0.1, 0.15) is 6.04 Å². The summed E-state index contributed by atoms with van der Waals surface area (Å²) < 4.78 is 0. The first-order valence-corrected chi connectivity index (χ1v) is 13.6. The Morgan fingerprint density at radius 2 is 1.69 bits per heavy atom. The van der Waals surface area contributed by atoms with Crippen molar-refractivity contribution in [2.45, 2.75) is 38.6 Å². The second-order valence-corrected chi connectivity index (χ2v) is 10.6.